The third-order valence-electron chi connectivity index (χ3n) is 1.93. The molecule has 1 fully saturated rings. The minimum absolute atomic E-state index is 0.471. The molecule has 2 N–H and O–H groups in total. The van der Waals surface area contributed by atoms with Gasteiger partial charge >= 0.3 is 0 Å². The quantitative estimate of drug-likeness (QED) is 0.582. The van der Waals surface area contributed by atoms with Crippen LogP contribution in [0.5, 0.6) is 0 Å². The maximum absolute atomic E-state index is 5.63. The number of hydrogen-bond donors (Lipinski definition) is 1. The molecule has 58 valence electrons. The summed E-state index contributed by atoms with van der Waals surface area (Å²) in [5, 5.41) is 0. The number of nitrogens with two attached hydrogens (primary N) is 1. The van der Waals surface area contributed by atoms with Crippen molar-refractivity contribution >= 4 is 0 Å². The summed E-state index contributed by atoms with van der Waals surface area (Å²) >= 11 is 0. The summed E-state index contributed by atoms with van der Waals surface area (Å²) in [6.45, 7) is 4.49. The van der Waals surface area contributed by atoms with E-state index in [9.17, 15) is 0 Å². The number of allylic oxidation sites excluding steroid dienone is 1. The lowest BCUT2D eigenvalue weighted by Crippen LogP contribution is -2.30. The van der Waals surface area contributed by atoms with Crippen LogP contribution in [-0.2, 0) is 0 Å². The standard InChI is InChI=1S/C9H17N/c1-7(2)3-4-8-5-9(10)6-8/h4,7,9H,3,5-6,10H2,1-2H3. The number of rotatable bonds is 2. The van der Waals surface area contributed by atoms with Crippen molar-refractivity contribution in [1.29, 1.82) is 0 Å². The molecule has 0 spiro atoms. The first-order chi connectivity index (χ1) is 4.68. The van der Waals surface area contributed by atoms with E-state index in [-0.39, 0.29) is 0 Å². The van der Waals surface area contributed by atoms with Gasteiger partial charge in [0.05, 0.1) is 0 Å². The molecule has 0 unspecified atom stereocenters. The van der Waals surface area contributed by atoms with Crippen molar-refractivity contribution < 1.29 is 0 Å². The zero-order valence-electron chi connectivity index (χ0n) is 6.93. The minimum atomic E-state index is 0.471. The molecule has 1 aliphatic rings. The average Bonchev–Trinajstić information content (AvgIpc) is 1.77. The fourth-order valence-corrected chi connectivity index (χ4v) is 1.18. The number of hydrogen-bond acceptors (Lipinski definition) is 1. The van der Waals surface area contributed by atoms with Gasteiger partial charge in [-0.3, -0.25) is 0 Å². The van der Waals surface area contributed by atoms with Crippen LogP contribution >= 0.6 is 0 Å². The highest BCUT2D eigenvalue weighted by atomic mass is 14.7. The lowest BCUT2D eigenvalue weighted by atomic mass is 9.86. The molecule has 0 bridgehead atoms. The second-order valence-corrected chi connectivity index (χ2v) is 3.66. The zero-order chi connectivity index (χ0) is 7.56. The Labute approximate surface area is 63.3 Å². The summed E-state index contributed by atoms with van der Waals surface area (Å²) in [5.41, 5.74) is 7.20. The van der Waals surface area contributed by atoms with Gasteiger partial charge in [-0.25, -0.2) is 0 Å². The Morgan fingerprint density at radius 3 is 2.60 bits per heavy atom. The Morgan fingerprint density at radius 1 is 1.60 bits per heavy atom. The second kappa shape index (κ2) is 3.20. The summed E-state index contributed by atoms with van der Waals surface area (Å²) in [5.74, 6) is 0.796. The van der Waals surface area contributed by atoms with Gasteiger partial charge in [-0.15, -0.1) is 0 Å². The molecule has 0 aromatic heterocycles. The van der Waals surface area contributed by atoms with Crippen LogP contribution in [0.3, 0.4) is 0 Å². The highest BCUT2D eigenvalue weighted by Crippen LogP contribution is 2.25. The van der Waals surface area contributed by atoms with Gasteiger partial charge in [0.2, 0.25) is 0 Å². The molecule has 1 aliphatic carbocycles. The summed E-state index contributed by atoms with van der Waals surface area (Å²) in [6, 6.07) is 0.471. The van der Waals surface area contributed by atoms with Gasteiger partial charge in [0.15, 0.2) is 0 Å². The predicted molar refractivity (Wildman–Crippen MR) is 44.7 cm³/mol. The molecular formula is C9H17N. The molecule has 10 heavy (non-hydrogen) atoms. The van der Waals surface area contributed by atoms with Crippen LogP contribution in [-0.4, -0.2) is 6.04 Å². The normalized spacial score (nSPS) is 24.8. The summed E-state index contributed by atoms with van der Waals surface area (Å²) in [7, 11) is 0. The molecule has 1 nitrogen and oxygen atoms in total. The van der Waals surface area contributed by atoms with Crippen LogP contribution in [0, 0.1) is 5.92 Å². The minimum Gasteiger partial charge on any atom is -0.327 e. The van der Waals surface area contributed by atoms with E-state index in [1.165, 1.54) is 6.42 Å². The topological polar surface area (TPSA) is 26.0 Å². The van der Waals surface area contributed by atoms with E-state index in [0.717, 1.165) is 18.8 Å². The maximum Gasteiger partial charge on any atom is 0.0113 e. The first kappa shape index (κ1) is 7.80. The third kappa shape index (κ3) is 2.14. The maximum atomic E-state index is 5.63. The van der Waals surface area contributed by atoms with Gasteiger partial charge in [0, 0.05) is 6.04 Å². The van der Waals surface area contributed by atoms with Gasteiger partial charge in [0.25, 0.3) is 0 Å². The lowest BCUT2D eigenvalue weighted by molar-refractivity contribution is 0.532. The fourth-order valence-electron chi connectivity index (χ4n) is 1.18. The lowest BCUT2D eigenvalue weighted by Gasteiger charge is -2.25. The van der Waals surface area contributed by atoms with E-state index in [0.29, 0.717) is 6.04 Å². The summed E-state index contributed by atoms with van der Waals surface area (Å²) in [4.78, 5) is 0. The summed E-state index contributed by atoms with van der Waals surface area (Å²) in [6.07, 6.45) is 5.87. The summed E-state index contributed by atoms with van der Waals surface area (Å²) < 4.78 is 0. The molecular weight excluding hydrogens is 122 g/mol. The monoisotopic (exact) mass is 139 g/mol. The van der Waals surface area contributed by atoms with Crippen LogP contribution in [0.2, 0.25) is 0 Å². The molecule has 0 amide bonds. The molecule has 0 aromatic carbocycles. The van der Waals surface area contributed by atoms with Crippen LogP contribution < -0.4 is 5.73 Å². The van der Waals surface area contributed by atoms with Gasteiger partial charge in [-0.05, 0) is 25.2 Å². The van der Waals surface area contributed by atoms with Gasteiger partial charge in [-0.1, -0.05) is 25.5 Å². The molecule has 0 radical (unpaired) electrons. The van der Waals surface area contributed by atoms with Crippen molar-refractivity contribution in [3.8, 4) is 0 Å². The van der Waals surface area contributed by atoms with Crippen molar-refractivity contribution in [2.75, 3.05) is 0 Å². The smallest absolute Gasteiger partial charge is 0.0113 e. The predicted octanol–water partition coefficient (Wildman–Crippen LogP) is 2.08. The highest BCUT2D eigenvalue weighted by molar-refractivity contribution is 5.15. The molecule has 0 aromatic rings. The van der Waals surface area contributed by atoms with E-state index in [1.54, 1.807) is 5.57 Å². The van der Waals surface area contributed by atoms with Crippen molar-refractivity contribution in [3.63, 3.8) is 0 Å². The van der Waals surface area contributed by atoms with Crippen molar-refractivity contribution in [1.82, 2.24) is 0 Å². The van der Waals surface area contributed by atoms with Crippen LogP contribution in [0.4, 0.5) is 0 Å². The SMILES string of the molecule is CC(C)CC=C1CC(N)C1. The fraction of sp³-hybridized carbons (Fsp3) is 0.778. The molecule has 1 heteroatoms. The van der Waals surface area contributed by atoms with E-state index >= 15 is 0 Å². The van der Waals surface area contributed by atoms with Crippen molar-refractivity contribution in [2.24, 2.45) is 11.7 Å². The van der Waals surface area contributed by atoms with Crippen LogP contribution in [0.1, 0.15) is 33.1 Å². The average molecular weight is 139 g/mol. The molecule has 1 saturated carbocycles. The van der Waals surface area contributed by atoms with E-state index in [2.05, 4.69) is 19.9 Å². The Hall–Kier alpha value is -0.300. The highest BCUT2D eigenvalue weighted by Gasteiger charge is 2.17. The molecule has 0 aliphatic heterocycles. The Bertz CT molecular complexity index is 128. The Morgan fingerprint density at radius 2 is 2.20 bits per heavy atom. The first-order valence-electron chi connectivity index (χ1n) is 4.12. The van der Waals surface area contributed by atoms with E-state index < -0.39 is 0 Å². The second-order valence-electron chi connectivity index (χ2n) is 3.66. The third-order valence-corrected chi connectivity index (χ3v) is 1.93. The molecule has 1 rings (SSSR count). The molecule has 0 heterocycles. The Kier molecular flexibility index (Phi) is 2.50. The molecule has 0 saturated heterocycles. The van der Waals surface area contributed by atoms with Gasteiger partial charge in [-0.2, -0.15) is 0 Å². The van der Waals surface area contributed by atoms with E-state index in [1.807, 2.05) is 0 Å². The van der Waals surface area contributed by atoms with Gasteiger partial charge < -0.3 is 5.73 Å². The van der Waals surface area contributed by atoms with Gasteiger partial charge in [0.1, 0.15) is 0 Å². The Balaban J connectivity index is 2.17. The van der Waals surface area contributed by atoms with Crippen molar-refractivity contribution in [3.05, 3.63) is 11.6 Å². The van der Waals surface area contributed by atoms with E-state index in [4.69, 9.17) is 5.73 Å². The zero-order valence-corrected chi connectivity index (χ0v) is 6.93. The molecule has 0 atom stereocenters. The van der Waals surface area contributed by atoms with Crippen LogP contribution in [0.25, 0.3) is 0 Å². The first-order valence-corrected chi connectivity index (χ1v) is 4.12. The van der Waals surface area contributed by atoms with Crippen molar-refractivity contribution in [2.45, 2.75) is 39.2 Å². The van der Waals surface area contributed by atoms with Crippen LogP contribution in [0.15, 0.2) is 11.6 Å². The largest absolute Gasteiger partial charge is 0.327 e.